The van der Waals surface area contributed by atoms with Gasteiger partial charge in [-0.25, -0.2) is 0 Å². The smallest absolute Gasteiger partial charge is 0.320 e. The normalized spacial score (nSPS) is 16.1. The Morgan fingerprint density at radius 2 is 2.27 bits per heavy atom. The molecule has 122 valence electrons. The number of aromatic nitrogens is 1. The summed E-state index contributed by atoms with van der Waals surface area (Å²) < 4.78 is 5.44. The van der Waals surface area contributed by atoms with E-state index in [4.69, 9.17) is 4.74 Å². The molecule has 0 aliphatic carbocycles. The largest absolute Gasteiger partial charge is 0.480 e. The topological polar surface area (TPSA) is 71.5 Å². The van der Waals surface area contributed by atoms with Crippen LogP contribution >= 0.6 is 0 Å². The summed E-state index contributed by atoms with van der Waals surface area (Å²) in [5.41, 5.74) is 3.36. The Kier molecular flexibility index (Phi) is 5.53. The van der Waals surface area contributed by atoms with Gasteiger partial charge in [-0.2, -0.15) is 0 Å². The van der Waals surface area contributed by atoms with Gasteiger partial charge in [0.15, 0.2) is 0 Å². The van der Waals surface area contributed by atoms with E-state index in [1.807, 2.05) is 6.20 Å². The SMILES string of the molecule is CC(C)(C)CCC(NCc1cnc2c(c1)COCC2)C(=O)O. The van der Waals surface area contributed by atoms with Crippen LogP contribution in [0.5, 0.6) is 0 Å². The first kappa shape index (κ1) is 16.9. The van der Waals surface area contributed by atoms with Crippen molar-refractivity contribution in [3.63, 3.8) is 0 Å². The number of carboxylic acids is 1. The number of nitrogens with zero attached hydrogens (tertiary/aromatic N) is 1. The minimum Gasteiger partial charge on any atom is -0.480 e. The summed E-state index contributed by atoms with van der Waals surface area (Å²) in [7, 11) is 0. The Hall–Kier alpha value is -1.46. The molecule has 1 aliphatic heterocycles. The molecule has 1 aromatic heterocycles. The number of nitrogens with one attached hydrogen (secondary N) is 1. The quantitative estimate of drug-likeness (QED) is 0.845. The van der Waals surface area contributed by atoms with E-state index in [2.05, 4.69) is 37.1 Å². The van der Waals surface area contributed by atoms with Crippen molar-refractivity contribution in [2.24, 2.45) is 5.41 Å². The molecule has 0 radical (unpaired) electrons. The van der Waals surface area contributed by atoms with Crippen LogP contribution in [0.4, 0.5) is 0 Å². The monoisotopic (exact) mass is 306 g/mol. The van der Waals surface area contributed by atoms with Gasteiger partial charge >= 0.3 is 5.97 Å². The van der Waals surface area contributed by atoms with Gasteiger partial charge in [0.1, 0.15) is 6.04 Å². The van der Waals surface area contributed by atoms with Gasteiger partial charge in [0.2, 0.25) is 0 Å². The first-order valence-electron chi connectivity index (χ1n) is 7.86. The van der Waals surface area contributed by atoms with E-state index in [0.29, 0.717) is 19.6 Å². The number of fused-ring (bicyclic) bond motifs is 1. The van der Waals surface area contributed by atoms with Crippen LogP contribution in [0.1, 0.15) is 50.4 Å². The number of hydrogen-bond acceptors (Lipinski definition) is 4. The first-order valence-corrected chi connectivity index (χ1v) is 7.86. The lowest BCUT2D eigenvalue weighted by molar-refractivity contribution is -0.139. The maximum absolute atomic E-state index is 11.4. The molecule has 5 heteroatoms. The molecule has 1 atom stereocenters. The van der Waals surface area contributed by atoms with Crippen LogP contribution < -0.4 is 5.32 Å². The summed E-state index contributed by atoms with van der Waals surface area (Å²) in [6.45, 7) is 8.22. The van der Waals surface area contributed by atoms with Gasteiger partial charge in [0.05, 0.1) is 13.2 Å². The van der Waals surface area contributed by atoms with Crippen molar-refractivity contribution < 1.29 is 14.6 Å². The van der Waals surface area contributed by atoms with Crippen molar-refractivity contribution >= 4 is 5.97 Å². The highest BCUT2D eigenvalue weighted by atomic mass is 16.5. The van der Waals surface area contributed by atoms with Crippen LogP contribution in [0.3, 0.4) is 0 Å². The zero-order chi connectivity index (χ0) is 16.2. The van der Waals surface area contributed by atoms with Crippen molar-refractivity contribution in [3.8, 4) is 0 Å². The molecule has 2 heterocycles. The van der Waals surface area contributed by atoms with Crippen molar-refractivity contribution in [3.05, 3.63) is 29.1 Å². The summed E-state index contributed by atoms with van der Waals surface area (Å²) in [5, 5.41) is 12.5. The van der Waals surface area contributed by atoms with E-state index in [0.717, 1.165) is 36.3 Å². The van der Waals surface area contributed by atoms with Crippen LogP contribution in [-0.2, 0) is 29.1 Å². The van der Waals surface area contributed by atoms with E-state index < -0.39 is 12.0 Å². The predicted molar refractivity (Wildman–Crippen MR) is 84.5 cm³/mol. The molecular weight excluding hydrogens is 280 g/mol. The van der Waals surface area contributed by atoms with Gasteiger partial charge in [0, 0.05) is 24.9 Å². The van der Waals surface area contributed by atoms with Crippen molar-refractivity contribution in [2.75, 3.05) is 6.61 Å². The lowest BCUT2D eigenvalue weighted by Gasteiger charge is -2.22. The van der Waals surface area contributed by atoms with Crippen molar-refractivity contribution in [2.45, 2.75) is 59.2 Å². The van der Waals surface area contributed by atoms with Gasteiger partial charge < -0.3 is 15.2 Å². The van der Waals surface area contributed by atoms with Gasteiger partial charge in [0.25, 0.3) is 0 Å². The van der Waals surface area contributed by atoms with E-state index >= 15 is 0 Å². The molecule has 0 saturated heterocycles. The van der Waals surface area contributed by atoms with Crippen LogP contribution in [0.2, 0.25) is 0 Å². The summed E-state index contributed by atoms with van der Waals surface area (Å²) in [6.07, 6.45) is 4.18. The highest BCUT2D eigenvalue weighted by Crippen LogP contribution is 2.22. The van der Waals surface area contributed by atoms with Gasteiger partial charge in [-0.3, -0.25) is 9.78 Å². The van der Waals surface area contributed by atoms with E-state index in [-0.39, 0.29) is 5.41 Å². The first-order chi connectivity index (χ1) is 10.3. The van der Waals surface area contributed by atoms with E-state index in [1.54, 1.807) is 0 Å². The Morgan fingerprint density at radius 1 is 1.50 bits per heavy atom. The molecule has 2 rings (SSSR count). The molecule has 1 aliphatic rings. The zero-order valence-corrected chi connectivity index (χ0v) is 13.7. The minimum absolute atomic E-state index is 0.139. The molecule has 22 heavy (non-hydrogen) atoms. The fourth-order valence-corrected chi connectivity index (χ4v) is 2.52. The Morgan fingerprint density at radius 3 is 2.95 bits per heavy atom. The number of ether oxygens (including phenoxy) is 1. The van der Waals surface area contributed by atoms with E-state index in [9.17, 15) is 9.90 Å². The number of rotatable bonds is 6. The molecule has 1 unspecified atom stereocenters. The van der Waals surface area contributed by atoms with E-state index in [1.165, 1.54) is 0 Å². The molecule has 1 aromatic rings. The fraction of sp³-hybridized carbons (Fsp3) is 0.647. The molecular formula is C17H26N2O3. The van der Waals surface area contributed by atoms with Crippen molar-refractivity contribution in [1.82, 2.24) is 10.3 Å². The Labute approximate surface area is 132 Å². The average Bonchev–Trinajstić information content (AvgIpc) is 2.45. The second kappa shape index (κ2) is 7.20. The van der Waals surface area contributed by atoms with Gasteiger partial charge in [-0.15, -0.1) is 0 Å². The molecule has 0 bridgehead atoms. The van der Waals surface area contributed by atoms with Crippen molar-refractivity contribution in [1.29, 1.82) is 0 Å². The summed E-state index contributed by atoms with van der Waals surface area (Å²) in [6, 6.07) is 1.54. The van der Waals surface area contributed by atoms with Crippen LogP contribution in [-0.4, -0.2) is 28.7 Å². The van der Waals surface area contributed by atoms with Gasteiger partial charge in [-0.1, -0.05) is 20.8 Å². The average molecular weight is 306 g/mol. The zero-order valence-electron chi connectivity index (χ0n) is 13.7. The summed E-state index contributed by atoms with van der Waals surface area (Å²) >= 11 is 0. The third kappa shape index (κ3) is 5.07. The molecule has 0 amide bonds. The minimum atomic E-state index is -0.793. The number of pyridine rings is 1. The number of aliphatic carboxylic acids is 1. The fourth-order valence-electron chi connectivity index (χ4n) is 2.52. The van der Waals surface area contributed by atoms with Crippen LogP contribution in [0, 0.1) is 5.41 Å². The second-order valence-electron chi connectivity index (χ2n) is 7.12. The molecule has 0 saturated carbocycles. The number of hydrogen-bond donors (Lipinski definition) is 2. The predicted octanol–water partition coefficient (Wildman–Crippen LogP) is 2.52. The Balaban J connectivity index is 1.93. The Bertz CT molecular complexity index is 523. The third-order valence-corrected chi connectivity index (χ3v) is 3.89. The molecule has 0 spiro atoms. The van der Waals surface area contributed by atoms with Gasteiger partial charge in [-0.05, 0) is 35.4 Å². The molecule has 5 nitrogen and oxygen atoms in total. The maximum Gasteiger partial charge on any atom is 0.320 e. The standard InChI is InChI=1S/C17H26N2O3/c1-17(2,3)6-4-15(16(20)21)19-10-12-8-13-11-22-7-5-14(13)18-9-12/h8-9,15,19H,4-7,10-11H2,1-3H3,(H,20,21). The highest BCUT2D eigenvalue weighted by molar-refractivity contribution is 5.73. The third-order valence-electron chi connectivity index (χ3n) is 3.89. The molecule has 0 aromatic carbocycles. The lowest BCUT2D eigenvalue weighted by Crippen LogP contribution is -2.37. The van der Waals surface area contributed by atoms with Crippen LogP contribution in [0.25, 0.3) is 0 Å². The summed E-state index contributed by atoms with van der Waals surface area (Å²) in [5.74, 6) is -0.793. The summed E-state index contributed by atoms with van der Waals surface area (Å²) in [4.78, 5) is 15.8. The second-order valence-corrected chi connectivity index (χ2v) is 7.12. The number of carbonyl (C=O) groups is 1. The number of carboxylic acid groups (broad SMARTS) is 1. The lowest BCUT2D eigenvalue weighted by atomic mass is 9.88. The van der Waals surface area contributed by atoms with Crippen LogP contribution in [0.15, 0.2) is 12.3 Å². The molecule has 2 N–H and O–H groups in total. The molecule has 0 fully saturated rings. The maximum atomic E-state index is 11.4. The highest BCUT2D eigenvalue weighted by Gasteiger charge is 2.20.